The van der Waals surface area contributed by atoms with Crippen molar-refractivity contribution in [3.05, 3.63) is 70.3 Å². The third kappa shape index (κ3) is 8.18. The van der Waals surface area contributed by atoms with E-state index in [4.69, 9.17) is 20.9 Å². The van der Waals surface area contributed by atoms with Crippen LogP contribution in [0.5, 0.6) is 23.0 Å². The molecule has 0 spiro atoms. The van der Waals surface area contributed by atoms with Crippen molar-refractivity contribution in [2.24, 2.45) is 0 Å². The van der Waals surface area contributed by atoms with Crippen LogP contribution in [-0.2, 0) is 23.2 Å². The fourth-order valence-corrected chi connectivity index (χ4v) is 4.56. The highest BCUT2D eigenvalue weighted by Crippen LogP contribution is 2.50. The second-order valence-corrected chi connectivity index (χ2v) is 12.3. The van der Waals surface area contributed by atoms with Gasteiger partial charge in [-0.3, -0.25) is 4.79 Å². The number of rotatable bonds is 7. The Morgan fingerprint density at radius 3 is 1.56 bits per heavy atom. The summed E-state index contributed by atoms with van der Waals surface area (Å²) in [7, 11) is 0. The van der Waals surface area contributed by atoms with Crippen LogP contribution in [0.25, 0.3) is 0 Å². The lowest BCUT2D eigenvalue weighted by molar-refractivity contribution is -0.139. The lowest BCUT2D eigenvalue weighted by atomic mass is 9.76. The average molecular weight is 647 g/mol. The number of aliphatic hydroxyl groups is 2. The van der Waals surface area contributed by atoms with Gasteiger partial charge in [-0.2, -0.15) is 26.3 Å². The van der Waals surface area contributed by atoms with Gasteiger partial charge in [-0.25, -0.2) is 0 Å². The van der Waals surface area contributed by atoms with Gasteiger partial charge in [0, 0.05) is 22.5 Å². The number of halogens is 6. The smallest absolute Gasteiger partial charge is 0.420 e. The fourth-order valence-electron chi connectivity index (χ4n) is 4.56. The third-order valence-electron chi connectivity index (χ3n) is 6.57. The molecule has 0 aliphatic rings. The maximum atomic E-state index is 14.0. The van der Waals surface area contributed by atoms with Gasteiger partial charge in [0.15, 0.2) is 5.78 Å². The number of Topliss-reactive ketones (excluding diaryl/α,β-unsaturated/α-hetero) is 1. The maximum absolute atomic E-state index is 14.0. The largest absolute Gasteiger partial charge is 0.456 e. The molecule has 0 saturated heterocycles. The van der Waals surface area contributed by atoms with Crippen LogP contribution in [-0.4, -0.2) is 34.2 Å². The van der Waals surface area contributed by atoms with E-state index in [0.717, 1.165) is 18.2 Å². The number of hydrogen-bond acceptors (Lipinski definition) is 7. The topological polar surface area (TPSA) is 160 Å². The number of alkyl halides is 6. The highest BCUT2D eigenvalue weighted by atomic mass is 19.4. The van der Waals surface area contributed by atoms with Crippen molar-refractivity contribution >= 4 is 17.2 Å². The zero-order valence-corrected chi connectivity index (χ0v) is 25.4. The van der Waals surface area contributed by atoms with Crippen LogP contribution in [0.4, 0.5) is 37.7 Å². The summed E-state index contributed by atoms with van der Waals surface area (Å²) in [5.41, 5.74) is 5.65. The molecule has 0 aliphatic heterocycles. The SMILES string of the molecule is CC(C)(C)c1cc(Oc2ccc(N)cc2C(F)(F)F)c(C(C)(C)C)c(C(=O)C(O)CO)c1Oc1ccc(N)cc1C(F)(F)F.O. The van der Waals surface area contributed by atoms with Crippen LogP contribution in [0.3, 0.4) is 0 Å². The molecular formula is C31H36F6N2O6. The van der Waals surface area contributed by atoms with Crippen molar-refractivity contribution in [3.63, 3.8) is 0 Å². The second-order valence-electron chi connectivity index (χ2n) is 12.3. The number of carbonyl (C=O) groups excluding carboxylic acids is 1. The number of nitrogens with two attached hydrogens (primary N) is 2. The Bertz CT molecular complexity index is 1560. The molecular weight excluding hydrogens is 610 g/mol. The Morgan fingerprint density at radius 2 is 1.18 bits per heavy atom. The number of benzene rings is 3. The molecule has 0 aliphatic carbocycles. The number of hydrogen-bond donors (Lipinski definition) is 4. The Kier molecular flexibility index (Phi) is 10.6. The lowest BCUT2D eigenvalue weighted by Gasteiger charge is -2.33. The van der Waals surface area contributed by atoms with Crippen LogP contribution in [0.1, 0.15) is 74.2 Å². The van der Waals surface area contributed by atoms with E-state index in [-0.39, 0.29) is 33.7 Å². The first-order valence-corrected chi connectivity index (χ1v) is 13.3. The molecule has 3 rings (SSSR count). The van der Waals surface area contributed by atoms with Crippen molar-refractivity contribution in [2.75, 3.05) is 18.1 Å². The van der Waals surface area contributed by atoms with Gasteiger partial charge in [0.05, 0.1) is 12.2 Å². The van der Waals surface area contributed by atoms with Gasteiger partial charge in [0.25, 0.3) is 0 Å². The molecule has 45 heavy (non-hydrogen) atoms. The molecule has 0 radical (unpaired) electrons. The van der Waals surface area contributed by atoms with Gasteiger partial charge in [0.1, 0.15) is 40.2 Å². The van der Waals surface area contributed by atoms with Gasteiger partial charge < -0.3 is 36.6 Å². The zero-order valence-electron chi connectivity index (χ0n) is 25.4. The minimum atomic E-state index is -4.93. The molecule has 0 aromatic heterocycles. The van der Waals surface area contributed by atoms with E-state index in [1.165, 1.54) is 12.1 Å². The molecule has 8 nitrogen and oxygen atoms in total. The summed E-state index contributed by atoms with van der Waals surface area (Å²) in [6.45, 7) is 8.56. The summed E-state index contributed by atoms with van der Waals surface area (Å²) in [6, 6.07) is 6.93. The van der Waals surface area contributed by atoms with E-state index in [0.29, 0.717) is 12.1 Å². The predicted octanol–water partition coefficient (Wildman–Crippen LogP) is 6.78. The summed E-state index contributed by atoms with van der Waals surface area (Å²) in [5, 5.41) is 20.1. The minimum Gasteiger partial charge on any atom is -0.456 e. The minimum absolute atomic E-state index is 0. The van der Waals surface area contributed by atoms with Crippen LogP contribution < -0.4 is 20.9 Å². The number of ether oxygens (including phenoxy) is 2. The quantitative estimate of drug-likeness (QED) is 0.125. The monoisotopic (exact) mass is 646 g/mol. The van der Waals surface area contributed by atoms with Gasteiger partial charge in [-0.15, -0.1) is 0 Å². The molecule has 0 saturated carbocycles. The van der Waals surface area contributed by atoms with Crippen LogP contribution in [0.15, 0.2) is 42.5 Å². The van der Waals surface area contributed by atoms with Gasteiger partial charge in [-0.05, 0) is 53.3 Å². The first-order valence-electron chi connectivity index (χ1n) is 13.3. The molecule has 3 aromatic carbocycles. The van der Waals surface area contributed by atoms with E-state index in [1.807, 2.05) is 0 Å². The van der Waals surface area contributed by atoms with Gasteiger partial charge in [0.2, 0.25) is 0 Å². The van der Waals surface area contributed by atoms with Crippen LogP contribution in [0.2, 0.25) is 0 Å². The van der Waals surface area contributed by atoms with E-state index in [9.17, 15) is 41.4 Å². The normalized spacial score (nSPS) is 13.2. The van der Waals surface area contributed by atoms with Crippen molar-refractivity contribution in [3.8, 4) is 23.0 Å². The van der Waals surface area contributed by atoms with E-state index >= 15 is 0 Å². The lowest BCUT2D eigenvalue weighted by Crippen LogP contribution is -2.30. The molecule has 8 N–H and O–H groups in total. The second kappa shape index (κ2) is 12.8. The summed E-state index contributed by atoms with van der Waals surface area (Å²) >= 11 is 0. The third-order valence-corrected chi connectivity index (χ3v) is 6.57. The van der Waals surface area contributed by atoms with Gasteiger partial charge >= 0.3 is 12.4 Å². The number of aliphatic hydroxyl groups excluding tert-OH is 2. The number of anilines is 2. The van der Waals surface area contributed by atoms with Crippen molar-refractivity contribution in [2.45, 2.75) is 70.8 Å². The maximum Gasteiger partial charge on any atom is 0.420 e. The molecule has 0 heterocycles. The van der Waals surface area contributed by atoms with Crippen LogP contribution in [0, 0.1) is 0 Å². The number of ketones is 1. The van der Waals surface area contributed by atoms with E-state index < -0.39 is 75.6 Å². The predicted molar refractivity (Wildman–Crippen MR) is 157 cm³/mol. The highest BCUT2D eigenvalue weighted by Gasteiger charge is 2.40. The number of nitrogen functional groups attached to an aromatic ring is 2. The Labute approximate surface area is 255 Å². The molecule has 0 amide bonds. The first-order chi connectivity index (χ1) is 20.0. The van der Waals surface area contributed by atoms with Crippen molar-refractivity contribution in [1.82, 2.24) is 0 Å². The summed E-state index contributed by atoms with van der Waals surface area (Å²) in [5.74, 6) is -3.20. The summed E-state index contributed by atoms with van der Waals surface area (Å²) < 4.78 is 95.9. The van der Waals surface area contributed by atoms with E-state index in [1.54, 1.807) is 41.5 Å². The molecule has 0 bridgehead atoms. The summed E-state index contributed by atoms with van der Waals surface area (Å²) in [6.07, 6.45) is -11.9. The standard InChI is InChI=1S/C31H34F6N2O5.H2O/c1-28(2,3)19-13-23(43-21-9-7-15(38)11-17(21)30(32,33)34)25(29(4,5)6)24(26(42)20(41)14-40)27(19)44-22-10-8-16(39)12-18(22)31(35,36)37;/h7-13,20,40-41H,14,38-39H2,1-6H3;1H2. The Balaban J connectivity index is 0.00000705. The first kappa shape index (κ1) is 37.2. The summed E-state index contributed by atoms with van der Waals surface area (Å²) in [4.78, 5) is 13.8. The van der Waals surface area contributed by atoms with Crippen LogP contribution >= 0.6 is 0 Å². The molecule has 1 atom stereocenters. The highest BCUT2D eigenvalue weighted by molar-refractivity contribution is 6.04. The molecule has 14 heteroatoms. The average Bonchev–Trinajstić information content (AvgIpc) is 2.87. The molecule has 0 fully saturated rings. The Morgan fingerprint density at radius 1 is 0.733 bits per heavy atom. The molecule has 3 aromatic rings. The molecule has 1 unspecified atom stereocenters. The van der Waals surface area contributed by atoms with Crippen molar-refractivity contribution in [1.29, 1.82) is 0 Å². The zero-order chi connectivity index (χ0) is 33.6. The Hall–Kier alpha value is -4.01. The van der Waals surface area contributed by atoms with Crippen molar-refractivity contribution < 1.29 is 56.3 Å². The fraction of sp³-hybridized carbons (Fsp3) is 0.387. The molecule has 248 valence electrons. The number of carbonyl (C=O) groups is 1. The van der Waals surface area contributed by atoms with Gasteiger partial charge in [-0.1, -0.05) is 41.5 Å². The van der Waals surface area contributed by atoms with E-state index in [2.05, 4.69) is 0 Å².